The van der Waals surface area contributed by atoms with Crippen molar-refractivity contribution in [3.8, 4) is 11.1 Å². The lowest BCUT2D eigenvalue weighted by Crippen LogP contribution is -2.48. The lowest BCUT2D eigenvalue weighted by Gasteiger charge is -2.20. The zero-order chi connectivity index (χ0) is 23.4. The molecular weight excluding hydrogens is 424 g/mol. The van der Waals surface area contributed by atoms with Gasteiger partial charge in [0, 0.05) is 25.0 Å². The topological polar surface area (TPSA) is 114 Å². The summed E-state index contributed by atoms with van der Waals surface area (Å²) >= 11 is 0. The fourth-order valence-electron chi connectivity index (χ4n) is 4.61. The van der Waals surface area contributed by atoms with Gasteiger partial charge < -0.3 is 25.2 Å². The van der Waals surface area contributed by atoms with Crippen LogP contribution in [0.15, 0.2) is 48.5 Å². The van der Waals surface area contributed by atoms with Crippen molar-refractivity contribution in [2.45, 2.75) is 37.8 Å². The maximum absolute atomic E-state index is 12.6. The van der Waals surface area contributed by atoms with Crippen molar-refractivity contribution in [3.05, 3.63) is 59.7 Å². The van der Waals surface area contributed by atoms with Crippen molar-refractivity contribution >= 4 is 18.0 Å². The molecule has 3 N–H and O–H groups in total. The Morgan fingerprint density at radius 2 is 1.73 bits per heavy atom. The van der Waals surface area contributed by atoms with E-state index in [1.165, 1.54) is 0 Å². The summed E-state index contributed by atoms with van der Waals surface area (Å²) in [5.41, 5.74) is 4.51. The third-order valence-electron chi connectivity index (χ3n) is 6.36. The minimum absolute atomic E-state index is 0.0626. The minimum atomic E-state index is -1.03. The predicted molar refractivity (Wildman–Crippen MR) is 121 cm³/mol. The summed E-state index contributed by atoms with van der Waals surface area (Å²) in [4.78, 5) is 36.3. The number of carbonyl (C=O) groups is 3. The summed E-state index contributed by atoms with van der Waals surface area (Å²) < 4.78 is 10.7. The number of benzene rings is 2. The first kappa shape index (κ1) is 22.8. The third kappa shape index (κ3) is 4.85. The van der Waals surface area contributed by atoms with E-state index in [9.17, 15) is 19.5 Å². The third-order valence-corrected chi connectivity index (χ3v) is 6.36. The predicted octanol–water partition coefficient (Wildman–Crippen LogP) is 2.91. The maximum Gasteiger partial charge on any atom is 0.407 e. The van der Waals surface area contributed by atoms with Crippen LogP contribution < -0.4 is 10.6 Å². The van der Waals surface area contributed by atoms with E-state index in [2.05, 4.69) is 22.8 Å². The number of ether oxygens (including phenoxy) is 2. The quantitative estimate of drug-likeness (QED) is 0.568. The Morgan fingerprint density at radius 3 is 2.33 bits per heavy atom. The highest BCUT2D eigenvalue weighted by molar-refractivity contribution is 5.85. The first-order chi connectivity index (χ1) is 16.0. The smallest absolute Gasteiger partial charge is 0.407 e. The summed E-state index contributed by atoms with van der Waals surface area (Å²) in [6, 6.07) is 15.4. The Bertz CT molecular complexity index is 994. The van der Waals surface area contributed by atoms with Gasteiger partial charge in [-0.05, 0) is 35.1 Å². The SMILES string of the molecule is CC[C@@H](NC(=O)OCC1c2ccccc2-c2ccccc21)C(=O)NC[C@H]1CCO[C@H]1C(=O)O. The Labute approximate surface area is 192 Å². The molecule has 0 aromatic heterocycles. The van der Waals surface area contributed by atoms with Gasteiger partial charge in [0.1, 0.15) is 12.6 Å². The van der Waals surface area contributed by atoms with E-state index in [0.717, 1.165) is 22.3 Å². The summed E-state index contributed by atoms with van der Waals surface area (Å²) in [6.07, 6.45) is -0.639. The van der Waals surface area contributed by atoms with E-state index in [1.54, 1.807) is 6.92 Å². The van der Waals surface area contributed by atoms with E-state index in [4.69, 9.17) is 9.47 Å². The number of fused-ring (bicyclic) bond motifs is 3. The molecule has 2 aliphatic rings. The van der Waals surface area contributed by atoms with Crippen LogP contribution in [0.2, 0.25) is 0 Å². The molecule has 33 heavy (non-hydrogen) atoms. The normalized spacial score (nSPS) is 19.9. The van der Waals surface area contributed by atoms with Crippen molar-refractivity contribution < 1.29 is 29.0 Å². The van der Waals surface area contributed by atoms with E-state index >= 15 is 0 Å². The lowest BCUT2D eigenvalue weighted by molar-refractivity contribution is -0.149. The van der Waals surface area contributed by atoms with Crippen LogP contribution in [0.4, 0.5) is 4.79 Å². The number of hydrogen-bond donors (Lipinski definition) is 3. The minimum Gasteiger partial charge on any atom is -0.479 e. The number of nitrogens with one attached hydrogen (secondary N) is 2. The molecule has 8 heteroatoms. The molecule has 1 saturated heterocycles. The molecule has 4 rings (SSSR count). The van der Waals surface area contributed by atoms with Gasteiger partial charge in [-0.3, -0.25) is 4.79 Å². The van der Waals surface area contributed by atoms with Gasteiger partial charge in [0.15, 0.2) is 6.10 Å². The van der Waals surface area contributed by atoms with Crippen molar-refractivity contribution in [2.24, 2.45) is 5.92 Å². The standard InChI is InChI=1S/C25H28N2O6/c1-2-21(23(28)26-13-15-11-12-32-22(15)24(29)30)27-25(31)33-14-20-18-9-5-3-7-16(18)17-8-4-6-10-19(17)20/h3-10,15,20-22H,2,11-14H2,1H3,(H,26,28)(H,27,31)(H,29,30)/t15-,21-,22-/m1/s1. The maximum atomic E-state index is 12.6. The molecule has 1 fully saturated rings. The number of carbonyl (C=O) groups excluding carboxylic acids is 2. The summed E-state index contributed by atoms with van der Waals surface area (Å²) in [7, 11) is 0. The monoisotopic (exact) mass is 452 g/mol. The number of rotatable bonds is 8. The van der Waals surface area contributed by atoms with Gasteiger partial charge >= 0.3 is 12.1 Å². The van der Waals surface area contributed by atoms with Crippen LogP contribution in [0.3, 0.4) is 0 Å². The molecule has 1 heterocycles. The molecule has 3 atom stereocenters. The Hall–Kier alpha value is -3.39. The Morgan fingerprint density at radius 1 is 1.09 bits per heavy atom. The molecule has 0 saturated carbocycles. The number of alkyl carbamates (subject to hydrolysis) is 1. The Kier molecular flexibility index (Phi) is 6.93. The van der Waals surface area contributed by atoms with Crippen LogP contribution in [0.5, 0.6) is 0 Å². The summed E-state index contributed by atoms with van der Waals surface area (Å²) in [5.74, 6) is -1.76. The van der Waals surface area contributed by atoms with Crippen LogP contribution in [0.1, 0.15) is 36.8 Å². The average molecular weight is 453 g/mol. The number of aliphatic carboxylic acids is 1. The number of hydrogen-bond acceptors (Lipinski definition) is 5. The highest BCUT2D eigenvalue weighted by Crippen LogP contribution is 2.44. The van der Waals surface area contributed by atoms with Crippen molar-refractivity contribution in [1.29, 1.82) is 0 Å². The first-order valence-corrected chi connectivity index (χ1v) is 11.2. The molecule has 1 aliphatic heterocycles. The van der Waals surface area contributed by atoms with Gasteiger partial charge in [-0.1, -0.05) is 55.5 Å². The fourth-order valence-corrected chi connectivity index (χ4v) is 4.61. The number of amides is 2. The van der Waals surface area contributed by atoms with Gasteiger partial charge in [-0.25, -0.2) is 9.59 Å². The van der Waals surface area contributed by atoms with Gasteiger partial charge in [-0.2, -0.15) is 0 Å². The first-order valence-electron chi connectivity index (χ1n) is 11.2. The average Bonchev–Trinajstić information content (AvgIpc) is 3.42. The lowest BCUT2D eigenvalue weighted by atomic mass is 9.98. The molecule has 2 amide bonds. The molecule has 0 bridgehead atoms. The van der Waals surface area contributed by atoms with E-state index in [0.29, 0.717) is 19.4 Å². The van der Waals surface area contributed by atoms with Crippen LogP contribution in [-0.4, -0.2) is 55.0 Å². The summed E-state index contributed by atoms with van der Waals surface area (Å²) in [5, 5.41) is 14.5. The van der Waals surface area contributed by atoms with Crippen molar-refractivity contribution in [1.82, 2.24) is 10.6 Å². The number of carboxylic acids is 1. The zero-order valence-electron chi connectivity index (χ0n) is 18.5. The van der Waals surface area contributed by atoms with Crippen LogP contribution in [0, 0.1) is 5.92 Å². The molecule has 1 aliphatic carbocycles. The van der Waals surface area contributed by atoms with Crippen LogP contribution in [-0.2, 0) is 19.1 Å². The van der Waals surface area contributed by atoms with Crippen molar-refractivity contribution in [2.75, 3.05) is 19.8 Å². The zero-order valence-corrected chi connectivity index (χ0v) is 18.5. The Balaban J connectivity index is 1.32. The molecule has 2 aromatic carbocycles. The van der Waals surface area contributed by atoms with Gasteiger partial charge in [0.2, 0.25) is 5.91 Å². The van der Waals surface area contributed by atoms with Crippen LogP contribution >= 0.6 is 0 Å². The largest absolute Gasteiger partial charge is 0.479 e. The van der Waals surface area contributed by atoms with Gasteiger partial charge in [0.05, 0.1) is 0 Å². The highest BCUT2D eigenvalue weighted by atomic mass is 16.5. The second-order valence-corrected chi connectivity index (χ2v) is 8.35. The highest BCUT2D eigenvalue weighted by Gasteiger charge is 2.35. The second kappa shape index (κ2) is 10.0. The number of carboxylic acid groups (broad SMARTS) is 1. The molecule has 8 nitrogen and oxygen atoms in total. The molecule has 0 radical (unpaired) electrons. The van der Waals surface area contributed by atoms with E-state index < -0.39 is 24.2 Å². The molecule has 0 unspecified atom stereocenters. The molecular formula is C25H28N2O6. The van der Waals surface area contributed by atoms with Crippen LogP contribution in [0.25, 0.3) is 11.1 Å². The van der Waals surface area contributed by atoms with E-state index in [-0.39, 0.29) is 30.9 Å². The molecule has 2 aromatic rings. The second-order valence-electron chi connectivity index (χ2n) is 8.35. The van der Waals surface area contributed by atoms with Gasteiger partial charge in [0.25, 0.3) is 0 Å². The molecule has 0 spiro atoms. The summed E-state index contributed by atoms with van der Waals surface area (Å²) in [6.45, 7) is 2.48. The molecule has 174 valence electrons. The van der Waals surface area contributed by atoms with E-state index in [1.807, 2.05) is 36.4 Å². The fraction of sp³-hybridized carbons (Fsp3) is 0.400. The van der Waals surface area contributed by atoms with Gasteiger partial charge in [-0.15, -0.1) is 0 Å². The van der Waals surface area contributed by atoms with Crippen molar-refractivity contribution in [3.63, 3.8) is 0 Å².